The maximum atomic E-state index is 12.0. The zero-order valence-electron chi connectivity index (χ0n) is 12.3. The van der Waals surface area contributed by atoms with Gasteiger partial charge in [-0.2, -0.15) is 0 Å². The highest BCUT2D eigenvalue weighted by atomic mass is 16.5. The molecule has 1 aliphatic heterocycles. The van der Waals surface area contributed by atoms with Crippen molar-refractivity contribution >= 4 is 5.97 Å². The van der Waals surface area contributed by atoms with Crippen LogP contribution in [0.5, 0.6) is 5.75 Å². The van der Waals surface area contributed by atoms with Crippen LogP contribution in [0.1, 0.15) is 31.7 Å². The van der Waals surface area contributed by atoms with Crippen LogP contribution in [0.2, 0.25) is 0 Å². The summed E-state index contributed by atoms with van der Waals surface area (Å²) in [5, 5.41) is 0. The monoisotopic (exact) mass is 277 g/mol. The number of carbonyl (C=O) groups is 1. The Hall–Kier alpha value is -1.55. The molecule has 0 radical (unpaired) electrons. The van der Waals surface area contributed by atoms with Gasteiger partial charge in [0.05, 0.1) is 13.7 Å². The average molecular weight is 277 g/mol. The Labute approximate surface area is 120 Å². The molecule has 1 atom stereocenters. The minimum absolute atomic E-state index is 0.0879. The molecule has 0 aliphatic carbocycles. The van der Waals surface area contributed by atoms with E-state index in [1.165, 1.54) is 5.56 Å². The summed E-state index contributed by atoms with van der Waals surface area (Å²) in [6.07, 6.45) is 3.13. The van der Waals surface area contributed by atoms with Gasteiger partial charge in [-0.3, -0.25) is 9.69 Å². The Morgan fingerprint density at radius 2 is 2.25 bits per heavy atom. The van der Waals surface area contributed by atoms with Crippen molar-refractivity contribution in [3.05, 3.63) is 29.8 Å². The third-order valence-corrected chi connectivity index (χ3v) is 3.69. The number of benzene rings is 1. The second-order valence-electron chi connectivity index (χ2n) is 5.09. The van der Waals surface area contributed by atoms with Gasteiger partial charge >= 0.3 is 5.97 Å². The highest BCUT2D eigenvalue weighted by molar-refractivity contribution is 5.75. The van der Waals surface area contributed by atoms with Gasteiger partial charge in [0.15, 0.2) is 0 Å². The summed E-state index contributed by atoms with van der Waals surface area (Å²) in [7, 11) is 1.67. The summed E-state index contributed by atoms with van der Waals surface area (Å²) in [6.45, 7) is 4.01. The van der Waals surface area contributed by atoms with Gasteiger partial charge in [-0.05, 0) is 44.0 Å². The van der Waals surface area contributed by atoms with Crippen molar-refractivity contribution in [1.29, 1.82) is 0 Å². The van der Waals surface area contributed by atoms with Crippen molar-refractivity contribution in [2.45, 2.75) is 38.8 Å². The van der Waals surface area contributed by atoms with Gasteiger partial charge in [0.2, 0.25) is 0 Å². The summed E-state index contributed by atoms with van der Waals surface area (Å²) in [6, 6.07) is 7.91. The summed E-state index contributed by atoms with van der Waals surface area (Å²) in [5.74, 6) is 0.766. The molecule has 4 heteroatoms. The Morgan fingerprint density at radius 3 is 3.00 bits per heavy atom. The van der Waals surface area contributed by atoms with Gasteiger partial charge in [-0.15, -0.1) is 0 Å². The van der Waals surface area contributed by atoms with Crippen LogP contribution in [0.4, 0.5) is 0 Å². The fourth-order valence-electron chi connectivity index (χ4n) is 2.69. The number of esters is 1. The SMILES string of the molecule is CCOC(=O)C1CCCCN1Cc1cccc(OC)c1. The van der Waals surface area contributed by atoms with Gasteiger partial charge in [0, 0.05) is 6.54 Å². The Kier molecular flexibility index (Phi) is 5.41. The van der Waals surface area contributed by atoms with Crippen molar-refractivity contribution in [3.63, 3.8) is 0 Å². The summed E-state index contributed by atoms with van der Waals surface area (Å²) in [5.41, 5.74) is 1.17. The van der Waals surface area contributed by atoms with E-state index in [1.54, 1.807) is 7.11 Å². The van der Waals surface area contributed by atoms with Gasteiger partial charge < -0.3 is 9.47 Å². The third-order valence-electron chi connectivity index (χ3n) is 3.69. The first-order chi connectivity index (χ1) is 9.74. The molecule has 0 bridgehead atoms. The molecule has 0 aromatic heterocycles. The van der Waals surface area contributed by atoms with Crippen molar-refractivity contribution < 1.29 is 14.3 Å². The topological polar surface area (TPSA) is 38.8 Å². The smallest absolute Gasteiger partial charge is 0.323 e. The summed E-state index contributed by atoms with van der Waals surface area (Å²) >= 11 is 0. The molecule has 0 N–H and O–H groups in total. The predicted molar refractivity (Wildman–Crippen MR) is 77.7 cm³/mol. The van der Waals surface area contributed by atoms with Crippen molar-refractivity contribution in [1.82, 2.24) is 4.90 Å². The number of hydrogen-bond acceptors (Lipinski definition) is 4. The van der Waals surface area contributed by atoms with Gasteiger partial charge in [0.1, 0.15) is 11.8 Å². The van der Waals surface area contributed by atoms with Gasteiger partial charge in [-0.25, -0.2) is 0 Å². The number of likely N-dealkylation sites (tertiary alicyclic amines) is 1. The van der Waals surface area contributed by atoms with E-state index < -0.39 is 0 Å². The van der Waals surface area contributed by atoms with Crippen LogP contribution in [0.3, 0.4) is 0 Å². The second-order valence-corrected chi connectivity index (χ2v) is 5.09. The molecule has 1 aliphatic rings. The predicted octanol–water partition coefficient (Wildman–Crippen LogP) is 2.61. The lowest BCUT2D eigenvalue weighted by Gasteiger charge is -2.34. The van der Waals surface area contributed by atoms with E-state index in [9.17, 15) is 4.79 Å². The van der Waals surface area contributed by atoms with Crippen LogP contribution >= 0.6 is 0 Å². The number of carbonyl (C=O) groups excluding carboxylic acids is 1. The second kappa shape index (κ2) is 7.29. The molecule has 1 fully saturated rings. The van der Waals surface area contributed by atoms with E-state index in [4.69, 9.17) is 9.47 Å². The molecule has 20 heavy (non-hydrogen) atoms. The maximum Gasteiger partial charge on any atom is 0.323 e. The maximum absolute atomic E-state index is 12.0. The van der Waals surface area contributed by atoms with E-state index in [0.29, 0.717) is 6.61 Å². The lowest BCUT2D eigenvalue weighted by Crippen LogP contribution is -2.44. The summed E-state index contributed by atoms with van der Waals surface area (Å²) in [4.78, 5) is 14.3. The van der Waals surface area contributed by atoms with Crippen molar-refractivity contribution in [2.24, 2.45) is 0 Å². The van der Waals surface area contributed by atoms with Crippen molar-refractivity contribution in [2.75, 3.05) is 20.3 Å². The number of piperidine rings is 1. The number of ether oxygens (including phenoxy) is 2. The molecular formula is C16H23NO3. The molecular weight excluding hydrogens is 254 g/mol. The first-order valence-corrected chi connectivity index (χ1v) is 7.28. The number of methoxy groups -OCH3 is 1. The van der Waals surface area contributed by atoms with Crippen LogP contribution in [0.25, 0.3) is 0 Å². The minimum Gasteiger partial charge on any atom is -0.497 e. The number of rotatable bonds is 5. The fourth-order valence-corrected chi connectivity index (χ4v) is 2.69. The Balaban J connectivity index is 2.06. The zero-order valence-corrected chi connectivity index (χ0v) is 12.3. The number of nitrogens with zero attached hydrogens (tertiary/aromatic N) is 1. The van der Waals surface area contributed by atoms with E-state index >= 15 is 0 Å². The first-order valence-electron chi connectivity index (χ1n) is 7.28. The zero-order chi connectivity index (χ0) is 14.4. The van der Waals surface area contributed by atoms with Gasteiger partial charge in [-0.1, -0.05) is 18.6 Å². The molecule has 0 amide bonds. The number of hydrogen-bond donors (Lipinski definition) is 0. The molecule has 1 unspecified atom stereocenters. The lowest BCUT2D eigenvalue weighted by atomic mass is 10.0. The van der Waals surface area contributed by atoms with E-state index in [0.717, 1.165) is 38.1 Å². The quantitative estimate of drug-likeness (QED) is 0.776. The van der Waals surface area contributed by atoms with Gasteiger partial charge in [0.25, 0.3) is 0 Å². The fraction of sp³-hybridized carbons (Fsp3) is 0.562. The molecule has 1 heterocycles. The average Bonchev–Trinajstić information content (AvgIpc) is 2.48. The normalized spacial score (nSPS) is 19.6. The Morgan fingerprint density at radius 1 is 1.40 bits per heavy atom. The third kappa shape index (κ3) is 3.73. The summed E-state index contributed by atoms with van der Waals surface area (Å²) < 4.78 is 10.4. The molecule has 4 nitrogen and oxygen atoms in total. The highest BCUT2D eigenvalue weighted by Gasteiger charge is 2.29. The molecule has 1 saturated heterocycles. The van der Waals surface area contributed by atoms with E-state index in [-0.39, 0.29) is 12.0 Å². The van der Waals surface area contributed by atoms with E-state index in [1.807, 2.05) is 25.1 Å². The van der Waals surface area contributed by atoms with Crippen LogP contribution in [-0.2, 0) is 16.1 Å². The van der Waals surface area contributed by atoms with E-state index in [2.05, 4.69) is 11.0 Å². The Bertz CT molecular complexity index is 447. The van der Waals surface area contributed by atoms with Crippen LogP contribution in [0.15, 0.2) is 24.3 Å². The molecule has 1 aromatic carbocycles. The molecule has 1 aromatic rings. The van der Waals surface area contributed by atoms with Crippen LogP contribution in [0, 0.1) is 0 Å². The molecule has 0 spiro atoms. The van der Waals surface area contributed by atoms with Crippen LogP contribution < -0.4 is 4.74 Å². The van der Waals surface area contributed by atoms with Crippen LogP contribution in [-0.4, -0.2) is 37.2 Å². The minimum atomic E-state index is -0.102. The molecule has 2 rings (SSSR count). The molecule has 110 valence electrons. The first kappa shape index (κ1) is 14.9. The highest BCUT2D eigenvalue weighted by Crippen LogP contribution is 2.22. The van der Waals surface area contributed by atoms with Crippen molar-refractivity contribution in [3.8, 4) is 5.75 Å². The lowest BCUT2D eigenvalue weighted by molar-refractivity contribution is -0.151. The standard InChI is InChI=1S/C16H23NO3/c1-3-20-16(18)15-9-4-5-10-17(15)12-13-7-6-8-14(11-13)19-2/h6-8,11,15H,3-5,9-10,12H2,1-2H3. The largest absolute Gasteiger partial charge is 0.497 e. The molecule has 0 saturated carbocycles.